The summed E-state index contributed by atoms with van der Waals surface area (Å²) in [5.41, 5.74) is 0. The maximum absolute atomic E-state index is 11.9. The molecule has 1 amide bonds. The predicted octanol–water partition coefficient (Wildman–Crippen LogP) is 3.87. The standard InChI is InChI=1S/C24H44NO10P/c1-3-5-6-7-8-9-10-11-12-13-14-15-16-23(28)33-17-20(26)18-34-36(31,32)35-19-21(24(29)30)25-22(27)4-2/h8-9,20-21,26H,3-7,10-19H2,1-2H3,(H,25,27)(H,29,30)(H,31,32)/b9-8-. The molecule has 4 N–H and O–H groups in total. The normalized spacial score (nSPS) is 14.8. The van der Waals surface area contributed by atoms with E-state index in [1.165, 1.54) is 26.2 Å². The van der Waals surface area contributed by atoms with Crippen LogP contribution in [0.1, 0.15) is 90.9 Å². The second-order valence-corrected chi connectivity index (χ2v) is 9.94. The number of allylic oxidation sites excluding steroid dienone is 2. The van der Waals surface area contributed by atoms with Crippen molar-refractivity contribution in [3.63, 3.8) is 0 Å². The highest BCUT2D eigenvalue weighted by Gasteiger charge is 2.28. The number of carboxylic acids is 1. The molecule has 0 fully saturated rings. The minimum atomic E-state index is -4.70. The van der Waals surface area contributed by atoms with Gasteiger partial charge in [0.1, 0.15) is 12.7 Å². The van der Waals surface area contributed by atoms with E-state index >= 15 is 0 Å². The maximum Gasteiger partial charge on any atom is 0.472 e. The van der Waals surface area contributed by atoms with Crippen molar-refractivity contribution in [3.05, 3.63) is 12.2 Å². The summed E-state index contributed by atoms with van der Waals surface area (Å²) in [6.07, 6.45) is 14.2. The van der Waals surface area contributed by atoms with E-state index in [1.54, 1.807) is 0 Å². The molecule has 3 atom stereocenters. The van der Waals surface area contributed by atoms with Crippen LogP contribution in [0.5, 0.6) is 0 Å². The highest BCUT2D eigenvalue weighted by Crippen LogP contribution is 2.43. The summed E-state index contributed by atoms with van der Waals surface area (Å²) in [6, 6.07) is -1.54. The van der Waals surface area contributed by atoms with Crippen LogP contribution in [0.4, 0.5) is 0 Å². The van der Waals surface area contributed by atoms with Crippen LogP contribution in [0.3, 0.4) is 0 Å². The van der Waals surface area contributed by atoms with Gasteiger partial charge in [0.2, 0.25) is 5.91 Å². The van der Waals surface area contributed by atoms with E-state index in [0.717, 1.165) is 38.5 Å². The van der Waals surface area contributed by atoms with Crippen molar-refractivity contribution >= 4 is 25.7 Å². The van der Waals surface area contributed by atoms with Crippen LogP contribution in [-0.2, 0) is 32.7 Å². The Hall–Kier alpha value is -1.78. The van der Waals surface area contributed by atoms with E-state index in [1.807, 2.05) is 0 Å². The number of unbranched alkanes of at least 4 members (excludes halogenated alkanes) is 8. The number of carbonyl (C=O) groups excluding carboxylic acids is 2. The van der Waals surface area contributed by atoms with Gasteiger partial charge in [-0.25, -0.2) is 9.36 Å². The lowest BCUT2D eigenvalue weighted by Crippen LogP contribution is -2.43. The lowest BCUT2D eigenvalue weighted by molar-refractivity contribution is -0.147. The van der Waals surface area contributed by atoms with Crippen LogP contribution >= 0.6 is 7.82 Å². The van der Waals surface area contributed by atoms with Crippen molar-refractivity contribution in [2.75, 3.05) is 19.8 Å². The zero-order valence-corrected chi connectivity index (χ0v) is 22.5. The van der Waals surface area contributed by atoms with Gasteiger partial charge in [-0.1, -0.05) is 58.1 Å². The van der Waals surface area contributed by atoms with Crippen molar-refractivity contribution in [3.8, 4) is 0 Å². The average molecular weight is 538 g/mol. The first-order valence-corrected chi connectivity index (χ1v) is 14.2. The Morgan fingerprint density at radius 1 is 0.889 bits per heavy atom. The number of aliphatic hydroxyl groups is 1. The number of hydrogen-bond donors (Lipinski definition) is 4. The summed E-state index contributed by atoms with van der Waals surface area (Å²) in [5.74, 6) is -2.50. The molecule has 0 aromatic carbocycles. The van der Waals surface area contributed by atoms with E-state index in [4.69, 9.17) is 9.84 Å². The molecule has 0 aromatic rings. The molecule has 12 heteroatoms. The van der Waals surface area contributed by atoms with Gasteiger partial charge in [0, 0.05) is 12.8 Å². The first-order valence-electron chi connectivity index (χ1n) is 12.7. The summed E-state index contributed by atoms with van der Waals surface area (Å²) in [5, 5.41) is 20.9. The van der Waals surface area contributed by atoms with Gasteiger partial charge < -0.3 is 25.2 Å². The quantitative estimate of drug-likeness (QED) is 0.0649. The third-order valence-corrected chi connectivity index (χ3v) is 6.07. The molecule has 3 unspecified atom stereocenters. The maximum atomic E-state index is 11.9. The van der Waals surface area contributed by atoms with E-state index < -0.39 is 57.6 Å². The second-order valence-electron chi connectivity index (χ2n) is 8.48. The molecule has 0 aromatic heterocycles. The van der Waals surface area contributed by atoms with Crippen molar-refractivity contribution < 1.29 is 47.8 Å². The van der Waals surface area contributed by atoms with Crippen LogP contribution in [-0.4, -0.2) is 64.9 Å². The lowest BCUT2D eigenvalue weighted by Gasteiger charge is -2.18. The number of carboxylic acid groups (broad SMARTS) is 1. The SMILES string of the molecule is CCCCC/C=C\CCCCCCCC(=O)OCC(O)COP(=O)(O)OCC(NC(=O)CC)C(=O)O. The molecule has 0 aliphatic rings. The highest BCUT2D eigenvalue weighted by molar-refractivity contribution is 7.47. The third-order valence-electron chi connectivity index (χ3n) is 5.12. The summed E-state index contributed by atoms with van der Waals surface area (Å²) in [7, 11) is -4.70. The molecule has 0 saturated carbocycles. The number of rotatable bonds is 23. The van der Waals surface area contributed by atoms with E-state index in [-0.39, 0.29) is 12.8 Å². The summed E-state index contributed by atoms with van der Waals surface area (Å²) in [6.45, 7) is 1.80. The molecule has 36 heavy (non-hydrogen) atoms. The Morgan fingerprint density at radius 3 is 2.08 bits per heavy atom. The number of amides is 1. The minimum absolute atomic E-state index is 0.0269. The summed E-state index contributed by atoms with van der Waals surface area (Å²) < 4.78 is 26.0. The molecule has 0 bridgehead atoms. The van der Waals surface area contributed by atoms with Crippen molar-refractivity contribution in [1.82, 2.24) is 5.32 Å². The molecule has 0 saturated heterocycles. The molecular formula is C24H44NO10P. The van der Waals surface area contributed by atoms with Crippen molar-refractivity contribution in [1.29, 1.82) is 0 Å². The number of hydrogen-bond acceptors (Lipinski definition) is 8. The van der Waals surface area contributed by atoms with Gasteiger partial charge in [-0.15, -0.1) is 0 Å². The number of phosphoric ester groups is 1. The number of esters is 1. The number of carbonyl (C=O) groups is 3. The van der Waals surface area contributed by atoms with Crippen LogP contribution in [0, 0.1) is 0 Å². The number of phosphoric acid groups is 1. The second kappa shape index (κ2) is 21.3. The average Bonchev–Trinajstić information content (AvgIpc) is 2.84. The Morgan fingerprint density at radius 2 is 1.47 bits per heavy atom. The topological polar surface area (TPSA) is 169 Å². The van der Waals surface area contributed by atoms with Gasteiger partial charge in [0.25, 0.3) is 0 Å². The highest BCUT2D eigenvalue weighted by atomic mass is 31.2. The molecule has 0 rings (SSSR count). The lowest BCUT2D eigenvalue weighted by atomic mass is 10.1. The van der Waals surface area contributed by atoms with Gasteiger partial charge >= 0.3 is 19.8 Å². The number of aliphatic hydroxyl groups excluding tert-OH is 1. The Balaban J connectivity index is 3.90. The first-order chi connectivity index (χ1) is 17.1. The van der Waals surface area contributed by atoms with Crippen LogP contribution < -0.4 is 5.32 Å². The van der Waals surface area contributed by atoms with E-state index in [9.17, 15) is 28.9 Å². The predicted molar refractivity (Wildman–Crippen MR) is 134 cm³/mol. The fraction of sp³-hybridized carbons (Fsp3) is 0.792. The van der Waals surface area contributed by atoms with Crippen molar-refractivity contribution in [2.45, 2.75) is 103 Å². The molecule has 0 radical (unpaired) electrons. The number of aliphatic carboxylic acids is 1. The number of nitrogens with one attached hydrogen (secondary N) is 1. The summed E-state index contributed by atoms with van der Waals surface area (Å²) >= 11 is 0. The van der Waals surface area contributed by atoms with Crippen LogP contribution in [0.25, 0.3) is 0 Å². The Labute approximate surface area is 214 Å². The third kappa shape index (κ3) is 20.4. The van der Waals surface area contributed by atoms with Gasteiger partial charge in [-0.2, -0.15) is 0 Å². The van der Waals surface area contributed by atoms with Crippen LogP contribution in [0.2, 0.25) is 0 Å². The monoisotopic (exact) mass is 537 g/mol. The zero-order chi connectivity index (χ0) is 27.2. The molecule has 0 spiro atoms. The van der Waals surface area contributed by atoms with E-state index in [0.29, 0.717) is 6.42 Å². The first kappa shape index (κ1) is 34.2. The van der Waals surface area contributed by atoms with Gasteiger partial charge in [0.15, 0.2) is 6.04 Å². The largest absolute Gasteiger partial charge is 0.480 e. The Kier molecular flexibility index (Phi) is 20.3. The Bertz CT molecular complexity index is 700. The summed E-state index contributed by atoms with van der Waals surface area (Å²) in [4.78, 5) is 43.8. The molecular weight excluding hydrogens is 493 g/mol. The fourth-order valence-electron chi connectivity index (χ4n) is 2.98. The molecule has 0 aliphatic heterocycles. The number of ether oxygens (including phenoxy) is 1. The van der Waals surface area contributed by atoms with Gasteiger partial charge in [-0.3, -0.25) is 18.6 Å². The van der Waals surface area contributed by atoms with Gasteiger partial charge in [0.05, 0.1) is 13.2 Å². The van der Waals surface area contributed by atoms with Crippen molar-refractivity contribution in [2.24, 2.45) is 0 Å². The minimum Gasteiger partial charge on any atom is -0.480 e. The zero-order valence-electron chi connectivity index (χ0n) is 21.6. The fourth-order valence-corrected chi connectivity index (χ4v) is 3.75. The van der Waals surface area contributed by atoms with E-state index in [2.05, 4.69) is 33.4 Å². The molecule has 11 nitrogen and oxygen atoms in total. The molecule has 0 aliphatic carbocycles. The molecule has 0 heterocycles. The smallest absolute Gasteiger partial charge is 0.472 e. The van der Waals surface area contributed by atoms with Crippen LogP contribution in [0.15, 0.2) is 12.2 Å². The van der Waals surface area contributed by atoms with Gasteiger partial charge in [-0.05, 0) is 32.1 Å². The molecule has 210 valence electrons.